The lowest BCUT2D eigenvalue weighted by molar-refractivity contribution is -0.122. The van der Waals surface area contributed by atoms with Crippen LogP contribution >= 0.6 is 11.6 Å². The van der Waals surface area contributed by atoms with Gasteiger partial charge in [0, 0.05) is 25.1 Å². The molecular weight excluding hydrogens is 468 g/mol. The van der Waals surface area contributed by atoms with Crippen molar-refractivity contribution in [2.45, 2.75) is 38.6 Å². The normalized spacial score (nSPS) is 24.8. The summed E-state index contributed by atoms with van der Waals surface area (Å²) in [6.45, 7) is 2.57. The second-order valence-corrected chi connectivity index (χ2v) is 9.64. The van der Waals surface area contributed by atoms with Gasteiger partial charge >= 0.3 is 0 Å². The van der Waals surface area contributed by atoms with Crippen LogP contribution in [0.5, 0.6) is 5.75 Å². The van der Waals surface area contributed by atoms with E-state index in [0.717, 1.165) is 30.5 Å². The average Bonchev–Trinajstić information content (AvgIpc) is 3.40. The zero-order valence-electron chi connectivity index (χ0n) is 19.8. The Morgan fingerprint density at radius 2 is 2.09 bits per heavy atom. The van der Waals surface area contributed by atoms with Crippen molar-refractivity contribution in [3.63, 3.8) is 0 Å². The van der Waals surface area contributed by atoms with E-state index in [-0.39, 0.29) is 35.6 Å². The average molecular weight is 497 g/mol. The minimum absolute atomic E-state index is 0.121. The van der Waals surface area contributed by atoms with Crippen LogP contribution in [-0.2, 0) is 16.0 Å². The van der Waals surface area contributed by atoms with Crippen LogP contribution in [0.3, 0.4) is 0 Å². The van der Waals surface area contributed by atoms with E-state index in [9.17, 15) is 9.59 Å². The maximum absolute atomic E-state index is 12.5. The molecule has 4 atom stereocenters. The number of methoxy groups -OCH3 is 1. The Bertz CT molecular complexity index is 1200. The van der Waals surface area contributed by atoms with Gasteiger partial charge in [-0.15, -0.1) is 0 Å². The highest BCUT2D eigenvalue weighted by molar-refractivity contribution is 6.32. The zero-order valence-corrected chi connectivity index (χ0v) is 20.5. The Hall–Kier alpha value is -3.33. The number of nitrogens with one attached hydrogen (secondary N) is 2. The van der Waals surface area contributed by atoms with Crippen molar-refractivity contribution in [1.29, 1.82) is 0 Å². The number of rotatable bonds is 7. The van der Waals surface area contributed by atoms with E-state index in [1.165, 1.54) is 6.20 Å². The van der Waals surface area contributed by atoms with Crippen LogP contribution in [0.15, 0.2) is 30.5 Å². The lowest BCUT2D eigenvalue weighted by atomic mass is 9.88. The number of nitrogens with zero attached hydrogens (tertiary/aromatic N) is 3. The minimum Gasteiger partial charge on any atom is -0.494 e. The number of carbonyl (C=O) groups is 2. The molecular formula is C25H29ClN6O3. The summed E-state index contributed by atoms with van der Waals surface area (Å²) >= 11 is 6.41. The molecule has 1 saturated carbocycles. The van der Waals surface area contributed by atoms with Crippen molar-refractivity contribution in [2.24, 2.45) is 23.5 Å². The molecule has 2 heterocycles. The van der Waals surface area contributed by atoms with Gasteiger partial charge in [0.15, 0.2) is 5.82 Å². The van der Waals surface area contributed by atoms with Crippen molar-refractivity contribution in [2.75, 3.05) is 29.2 Å². The van der Waals surface area contributed by atoms with Gasteiger partial charge in [-0.25, -0.2) is 4.98 Å². The van der Waals surface area contributed by atoms with E-state index in [4.69, 9.17) is 22.1 Å². The molecule has 0 spiro atoms. The van der Waals surface area contributed by atoms with Crippen LogP contribution in [-0.4, -0.2) is 41.5 Å². The highest BCUT2D eigenvalue weighted by Gasteiger charge is 2.47. The van der Waals surface area contributed by atoms with Gasteiger partial charge in [0.1, 0.15) is 10.8 Å². The Balaban J connectivity index is 1.43. The van der Waals surface area contributed by atoms with E-state index in [0.29, 0.717) is 41.2 Å². The zero-order chi connectivity index (χ0) is 24.7. The number of primary amides is 1. The van der Waals surface area contributed by atoms with E-state index in [2.05, 4.69) is 32.8 Å². The van der Waals surface area contributed by atoms with E-state index < -0.39 is 0 Å². The van der Waals surface area contributed by atoms with Gasteiger partial charge in [0.2, 0.25) is 17.8 Å². The number of amides is 2. The maximum Gasteiger partial charge on any atom is 0.229 e. The molecule has 35 heavy (non-hydrogen) atoms. The number of anilines is 4. The van der Waals surface area contributed by atoms with Crippen molar-refractivity contribution in [1.82, 2.24) is 9.97 Å². The highest BCUT2D eigenvalue weighted by Crippen LogP contribution is 2.45. The van der Waals surface area contributed by atoms with Crippen molar-refractivity contribution < 1.29 is 14.3 Å². The van der Waals surface area contributed by atoms with Gasteiger partial charge in [-0.1, -0.05) is 23.8 Å². The molecule has 0 unspecified atom stereocenters. The Morgan fingerprint density at radius 3 is 2.83 bits per heavy atom. The number of ether oxygens (including phenoxy) is 1. The molecule has 3 aliphatic rings. The van der Waals surface area contributed by atoms with E-state index >= 15 is 0 Å². The molecule has 2 aliphatic carbocycles. The monoisotopic (exact) mass is 496 g/mol. The molecule has 0 radical (unpaired) electrons. The van der Waals surface area contributed by atoms with Crippen molar-refractivity contribution in [3.8, 4) is 5.75 Å². The number of hydrogen-bond acceptors (Lipinski definition) is 7. The number of aromatic nitrogens is 2. The fourth-order valence-electron chi connectivity index (χ4n) is 5.59. The Morgan fingerprint density at radius 1 is 1.29 bits per heavy atom. The predicted octanol–water partition coefficient (Wildman–Crippen LogP) is 3.66. The summed E-state index contributed by atoms with van der Waals surface area (Å²) in [5, 5.41) is 6.95. The number of halogens is 1. The third kappa shape index (κ3) is 4.29. The van der Waals surface area contributed by atoms with Gasteiger partial charge in [0.25, 0.3) is 0 Å². The highest BCUT2D eigenvalue weighted by atomic mass is 35.5. The first-order chi connectivity index (χ1) is 16.9. The van der Waals surface area contributed by atoms with Crippen LogP contribution in [0.25, 0.3) is 0 Å². The molecule has 4 N–H and O–H groups in total. The number of aryl methyl sites for hydroxylation is 1. The van der Waals surface area contributed by atoms with Gasteiger partial charge in [-0.2, -0.15) is 4.98 Å². The van der Waals surface area contributed by atoms with E-state index in [1.807, 2.05) is 19.1 Å². The minimum atomic E-state index is -0.322. The van der Waals surface area contributed by atoms with Crippen LogP contribution in [0.2, 0.25) is 5.02 Å². The lowest BCUT2D eigenvalue weighted by Gasteiger charge is -2.27. The molecule has 2 bridgehead atoms. The molecule has 1 fully saturated rings. The second-order valence-electron chi connectivity index (χ2n) is 9.23. The third-order valence-electron chi connectivity index (χ3n) is 7.23. The predicted molar refractivity (Wildman–Crippen MR) is 135 cm³/mol. The molecule has 0 saturated heterocycles. The molecule has 184 valence electrons. The molecule has 1 aromatic carbocycles. The number of nitrogens with two attached hydrogens (primary N) is 1. The van der Waals surface area contributed by atoms with Gasteiger partial charge < -0.3 is 26.0 Å². The van der Waals surface area contributed by atoms with Crippen LogP contribution in [0.1, 0.15) is 31.7 Å². The molecule has 9 nitrogen and oxygen atoms in total. The third-order valence-corrected chi connectivity index (χ3v) is 7.50. The number of hydrogen-bond donors (Lipinski definition) is 3. The summed E-state index contributed by atoms with van der Waals surface area (Å²) in [6, 6.07) is 3.71. The molecule has 1 aliphatic heterocycles. The standard InChI is InChI=1S/C25H29ClN6O3/c1-3-32-18-11-19(35-2)17(10-13(18)5-4-6-20(32)33)29-25-28-12-16(26)24(31-25)30-22-15-8-7-14(9-15)21(22)23(27)34/h7-8,10-12,14-15,21-22H,3-6,9H2,1-2H3,(H2,27,34)(H2,28,29,30,31)/t14-,15+,21+,22-/m1/s1. The van der Waals surface area contributed by atoms with Crippen molar-refractivity contribution in [3.05, 3.63) is 41.1 Å². The first kappa shape index (κ1) is 23.4. The Labute approximate surface area is 209 Å². The van der Waals surface area contributed by atoms with Crippen LogP contribution in [0.4, 0.5) is 23.1 Å². The number of allylic oxidation sites excluding steroid dienone is 1. The summed E-state index contributed by atoms with van der Waals surface area (Å²) in [5.74, 6) is 1.20. The molecule has 5 rings (SSSR count). The lowest BCUT2D eigenvalue weighted by Crippen LogP contribution is -2.41. The van der Waals surface area contributed by atoms with Gasteiger partial charge in [-0.05, 0) is 49.7 Å². The quantitative estimate of drug-likeness (QED) is 0.500. The summed E-state index contributed by atoms with van der Waals surface area (Å²) in [5.41, 5.74) is 8.33. The number of benzene rings is 1. The van der Waals surface area contributed by atoms with E-state index in [1.54, 1.807) is 12.0 Å². The number of carbonyl (C=O) groups excluding carboxylic acids is 2. The van der Waals surface area contributed by atoms with Crippen molar-refractivity contribution >= 4 is 46.6 Å². The fraction of sp³-hybridized carbons (Fsp3) is 0.440. The molecule has 2 aromatic rings. The summed E-state index contributed by atoms with van der Waals surface area (Å²) in [7, 11) is 1.59. The fourth-order valence-corrected chi connectivity index (χ4v) is 5.74. The summed E-state index contributed by atoms with van der Waals surface area (Å²) in [6.07, 6.45) is 8.71. The largest absolute Gasteiger partial charge is 0.494 e. The van der Waals surface area contributed by atoms with Gasteiger partial charge in [0.05, 0.1) is 30.6 Å². The first-order valence-corrected chi connectivity index (χ1v) is 12.3. The molecule has 10 heteroatoms. The summed E-state index contributed by atoms with van der Waals surface area (Å²) in [4.78, 5) is 35.3. The number of fused-ring (bicyclic) bond motifs is 3. The molecule has 2 amide bonds. The summed E-state index contributed by atoms with van der Waals surface area (Å²) < 4.78 is 5.63. The Kier molecular flexibility index (Phi) is 6.27. The SMILES string of the molecule is CCN1C(=O)CCCc2cc(Nc3ncc(Cl)c(N[C@H]4[C@@H](C(N)=O)[C@@H]5C=C[C@H]4C5)n3)c(OC)cc21. The maximum atomic E-state index is 12.5. The smallest absolute Gasteiger partial charge is 0.229 e. The van der Waals surface area contributed by atoms with Crippen LogP contribution < -0.4 is 26.0 Å². The second kappa shape index (κ2) is 9.37. The van der Waals surface area contributed by atoms with Gasteiger partial charge in [-0.3, -0.25) is 9.59 Å². The topological polar surface area (TPSA) is 122 Å². The first-order valence-electron chi connectivity index (χ1n) is 11.9. The van der Waals surface area contributed by atoms with Crippen LogP contribution in [0, 0.1) is 17.8 Å². The molecule has 1 aromatic heterocycles.